The van der Waals surface area contributed by atoms with Crippen LogP contribution in [0.15, 0.2) is 44.9 Å². The van der Waals surface area contributed by atoms with Gasteiger partial charge >= 0.3 is 0 Å². The van der Waals surface area contributed by atoms with Crippen LogP contribution < -0.4 is 0 Å². The molecule has 0 saturated carbocycles. The zero-order valence-electron chi connectivity index (χ0n) is 13.1. The quantitative estimate of drug-likeness (QED) is 0.727. The largest absolute Gasteiger partial charge is 0.472 e. The molecule has 0 bridgehead atoms. The zero-order chi connectivity index (χ0) is 16.5. The molecule has 6 nitrogen and oxygen atoms in total. The van der Waals surface area contributed by atoms with Gasteiger partial charge < -0.3 is 18.5 Å². The van der Waals surface area contributed by atoms with E-state index in [-0.39, 0.29) is 11.9 Å². The summed E-state index contributed by atoms with van der Waals surface area (Å²) in [6.07, 6.45) is 3.21. The average molecular weight is 344 g/mol. The molecule has 124 valence electrons. The van der Waals surface area contributed by atoms with Gasteiger partial charge in [-0.2, -0.15) is 0 Å². The van der Waals surface area contributed by atoms with Crippen LogP contribution in [0.4, 0.5) is 0 Å². The van der Waals surface area contributed by atoms with Crippen LogP contribution in [0.2, 0.25) is 0 Å². The second kappa shape index (κ2) is 6.26. The highest BCUT2D eigenvalue weighted by Crippen LogP contribution is 2.29. The maximum Gasteiger partial charge on any atom is 0.274 e. The Morgan fingerprint density at radius 3 is 3.04 bits per heavy atom. The topological polar surface area (TPSA) is 68.7 Å². The number of ether oxygens (including phenoxy) is 1. The first kappa shape index (κ1) is 15.2. The number of carbonyl (C=O) groups is 1. The van der Waals surface area contributed by atoms with Gasteiger partial charge in [0.25, 0.3) is 5.91 Å². The van der Waals surface area contributed by atoms with Crippen molar-refractivity contribution in [1.29, 1.82) is 0 Å². The first-order valence-electron chi connectivity index (χ1n) is 7.65. The molecular formula is C17H16N2O4S. The molecule has 0 spiro atoms. The fourth-order valence-electron chi connectivity index (χ4n) is 2.75. The Kier molecular flexibility index (Phi) is 3.95. The molecule has 4 rings (SSSR count). The van der Waals surface area contributed by atoms with Crippen molar-refractivity contribution in [2.75, 3.05) is 19.8 Å². The summed E-state index contributed by atoms with van der Waals surface area (Å²) in [6.45, 7) is 3.34. The number of morpholine rings is 1. The van der Waals surface area contributed by atoms with E-state index in [9.17, 15) is 4.79 Å². The van der Waals surface area contributed by atoms with E-state index in [2.05, 4.69) is 4.98 Å². The highest BCUT2D eigenvalue weighted by atomic mass is 32.1. The van der Waals surface area contributed by atoms with Crippen molar-refractivity contribution in [3.05, 3.63) is 53.3 Å². The molecular weight excluding hydrogens is 328 g/mol. The van der Waals surface area contributed by atoms with E-state index in [0.717, 1.165) is 22.1 Å². The Morgan fingerprint density at radius 1 is 1.38 bits per heavy atom. The van der Waals surface area contributed by atoms with Gasteiger partial charge in [-0.05, 0) is 25.1 Å². The minimum Gasteiger partial charge on any atom is -0.472 e. The van der Waals surface area contributed by atoms with Crippen molar-refractivity contribution in [2.24, 2.45) is 0 Å². The molecule has 0 aromatic carbocycles. The number of thiazole rings is 1. The molecule has 3 aromatic rings. The predicted octanol–water partition coefficient (Wildman–Crippen LogP) is 3.52. The lowest BCUT2D eigenvalue weighted by molar-refractivity contribution is -0.00919. The number of hydrogen-bond donors (Lipinski definition) is 0. The molecule has 1 saturated heterocycles. The molecule has 0 N–H and O–H groups in total. The minimum absolute atomic E-state index is 0.108. The Balaban J connectivity index is 1.60. The van der Waals surface area contributed by atoms with E-state index in [0.29, 0.717) is 25.5 Å². The Bertz CT molecular complexity index is 837. The summed E-state index contributed by atoms with van der Waals surface area (Å²) in [7, 11) is 0. The standard InChI is InChI=1S/C17H16N2O4S/c1-11-2-3-15(23-11)14-9-22-7-5-19(14)17(20)13-10-24-16(18-13)12-4-6-21-8-12/h2-4,6,8,10,14H,5,7,9H2,1H3. The van der Waals surface area contributed by atoms with Crippen LogP contribution in [0.1, 0.15) is 28.1 Å². The zero-order valence-corrected chi connectivity index (χ0v) is 13.9. The number of hydrogen-bond acceptors (Lipinski definition) is 6. The third-order valence-electron chi connectivity index (χ3n) is 3.97. The Morgan fingerprint density at radius 2 is 2.29 bits per heavy atom. The van der Waals surface area contributed by atoms with E-state index >= 15 is 0 Å². The van der Waals surface area contributed by atoms with E-state index in [1.807, 2.05) is 25.1 Å². The SMILES string of the molecule is Cc1ccc(C2COCCN2C(=O)c2csc(-c3ccoc3)n2)o1. The van der Waals surface area contributed by atoms with E-state index in [4.69, 9.17) is 13.6 Å². The van der Waals surface area contributed by atoms with Gasteiger partial charge in [0.15, 0.2) is 0 Å². The molecule has 7 heteroatoms. The minimum atomic E-state index is -0.223. The molecule has 1 aliphatic heterocycles. The summed E-state index contributed by atoms with van der Waals surface area (Å²) in [5, 5.41) is 2.55. The first-order chi connectivity index (χ1) is 11.7. The molecule has 1 unspecified atom stereocenters. The van der Waals surface area contributed by atoms with Gasteiger partial charge in [0.05, 0.1) is 19.5 Å². The number of furan rings is 2. The summed E-state index contributed by atoms with van der Waals surface area (Å²) < 4.78 is 16.3. The highest BCUT2D eigenvalue weighted by molar-refractivity contribution is 7.13. The van der Waals surface area contributed by atoms with Crippen molar-refractivity contribution < 1.29 is 18.4 Å². The van der Waals surface area contributed by atoms with Crippen molar-refractivity contribution in [1.82, 2.24) is 9.88 Å². The molecule has 4 heterocycles. The Labute approximate surface area is 142 Å². The molecule has 0 aliphatic carbocycles. The third-order valence-corrected chi connectivity index (χ3v) is 4.86. The number of nitrogens with zero attached hydrogens (tertiary/aromatic N) is 2. The van der Waals surface area contributed by atoms with Gasteiger partial charge in [-0.1, -0.05) is 0 Å². The fraction of sp³-hybridized carbons (Fsp3) is 0.294. The number of amides is 1. The van der Waals surface area contributed by atoms with Gasteiger partial charge in [-0.25, -0.2) is 4.98 Å². The molecule has 0 radical (unpaired) electrons. The van der Waals surface area contributed by atoms with Crippen molar-refractivity contribution in [2.45, 2.75) is 13.0 Å². The summed E-state index contributed by atoms with van der Waals surface area (Å²) in [5.74, 6) is 1.45. The van der Waals surface area contributed by atoms with E-state index < -0.39 is 0 Å². The molecule has 1 aliphatic rings. The Hall–Kier alpha value is -2.38. The van der Waals surface area contributed by atoms with Crippen LogP contribution in [-0.2, 0) is 4.74 Å². The smallest absolute Gasteiger partial charge is 0.274 e. The van der Waals surface area contributed by atoms with Crippen LogP contribution in [0.3, 0.4) is 0 Å². The maximum absolute atomic E-state index is 12.9. The summed E-state index contributed by atoms with van der Waals surface area (Å²) in [5.41, 5.74) is 1.31. The fourth-order valence-corrected chi connectivity index (χ4v) is 3.53. The van der Waals surface area contributed by atoms with Crippen LogP contribution in [0.5, 0.6) is 0 Å². The molecule has 3 aromatic heterocycles. The number of carbonyl (C=O) groups excluding carboxylic acids is 1. The van der Waals surface area contributed by atoms with Crippen LogP contribution in [0, 0.1) is 6.92 Å². The van der Waals surface area contributed by atoms with E-state index in [1.165, 1.54) is 11.3 Å². The van der Waals surface area contributed by atoms with Gasteiger partial charge in [0, 0.05) is 17.5 Å². The first-order valence-corrected chi connectivity index (χ1v) is 8.53. The summed E-state index contributed by atoms with van der Waals surface area (Å²) in [6, 6.07) is 5.40. The molecule has 1 fully saturated rings. The number of aromatic nitrogens is 1. The van der Waals surface area contributed by atoms with Gasteiger partial charge in [0.1, 0.15) is 34.5 Å². The molecule has 1 atom stereocenters. The van der Waals surface area contributed by atoms with Crippen LogP contribution in [-0.4, -0.2) is 35.5 Å². The van der Waals surface area contributed by atoms with Crippen molar-refractivity contribution in [3.63, 3.8) is 0 Å². The molecule has 24 heavy (non-hydrogen) atoms. The van der Waals surface area contributed by atoms with Gasteiger partial charge in [-0.15, -0.1) is 11.3 Å². The average Bonchev–Trinajstić information content (AvgIpc) is 3.34. The van der Waals surface area contributed by atoms with E-state index in [1.54, 1.807) is 22.8 Å². The van der Waals surface area contributed by atoms with Crippen molar-refractivity contribution >= 4 is 17.2 Å². The van der Waals surface area contributed by atoms with Crippen molar-refractivity contribution in [3.8, 4) is 10.6 Å². The summed E-state index contributed by atoms with van der Waals surface area (Å²) in [4.78, 5) is 19.2. The molecule has 1 amide bonds. The number of aryl methyl sites for hydroxylation is 1. The van der Waals surface area contributed by atoms with Crippen LogP contribution in [0.25, 0.3) is 10.6 Å². The van der Waals surface area contributed by atoms with Crippen LogP contribution >= 0.6 is 11.3 Å². The second-order valence-electron chi connectivity index (χ2n) is 5.59. The van der Waals surface area contributed by atoms with Gasteiger partial charge in [0.2, 0.25) is 0 Å². The monoisotopic (exact) mass is 344 g/mol. The lowest BCUT2D eigenvalue weighted by atomic mass is 10.1. The number of rotatable bonds is 3. The predicted molar refractivity (Wildman–Crippen MR) is 87.9 cm³/mol. The summed E-state index contributed by atoms with van der Waals surface area (Å²) >= 11 is 1.43. The second-order valence-corrected chi connectivity index (χ2v) is 6.45. The lowest BCUT2D eigenvalue weighted by Gasteiger charge is -2.33. The third kappa shape index (κ3) is 2.76. The maximum atomic E-state index is 12.9. The highest BCUT2D eigenvalue weighted by Gasteiger charge is 2.32. The van der Waals surface area contributed by atoms with Gasteiger partial charge in [-0.3, -0.25) is 4.79 Å². The normalized spacial score (nSPS) is 18.0. The lowest BCUT2D eigenvalue weighted by Crippen LogP contribution is -2.43.